The highest BCUT2D eigenvalue weighted by atomic mass is 16.5. The van der Waals surface area contributed by atoms with Crippen molar-refractivity contribution in [1.29, 1.82) is 0 Å². The SMILES string of the molecule is Cc1nc([C@@H]2CCCCN2Cc2cccc(OCc3ccccn3)c2)ncc1C(=O)N(C)C. The fraction of sp³-hybridized carbons (Fsp3) is 0.385. The third-order valence-electron chi connectivity index (χ3n) is 5.94. The van der Waals surface area contributed by atoms with E-state index in [-0.39, 0.29) is 11.9 Å². The van der Waals surface area contributed by atoms with Crippen LogP contribution in [0.1, 0.15) is 58.4 Å². The van der Waals surface area contributed by atoms with Crippen LogP contribution in [0.25, 0.3) is 0 Å². The summed E-state index contributed by atoms with van der Waals surface area (Å²) in [5.74, 6) is 1.57. The van der Waals surface area contributed by atoms with E-state index in [4.69, 9.17) is 9.72 Å². The van der Waals surface area contributed by atoms with E-state index in [9.17, 15) is 4.79 Å². The molecule has 0 N–H and O–H groups in total. The van der Waals surface area contributed by atoms with Crippen molar-refractivity contribution in [1.82, 2.24) is 24.8 Å². The zero-order chi connectivity index (χ0) is 23.2. The van der Waals surface area contributed by atoms with Gasteiger partial charge in [0.2, 0.25) is 0 Å². The molecule has 0 spiro atoms. The van der Waals surface area contributed by atoms with Crippen LogP contribution in [0.5, 0.6) is 5.75 Å². The third-order valence-corrected chi connectivity index (χ3v) is 5.94. The number of aryl methyl sites for hydroxylation is 1. The molecule has 1 fully saturated rings. The molecule has 7 heteroatoms. The number of aromatic nitrogens is 3. The van der Waals surface area contributed by atoms with E-state index < -0.39 is 0 Å². The van der Waals surface area contributed by atoms with E-state index in [0.29, 0.717) is 12.2 Å². The average molecular weight is 446 g/mol. The maximum atomic E-state index is 12.4. The van der Waals surface area contributed by atoms with Crippen LogP contribution in [0, 0.1) is 6.92 Å². The molecule has 3 heterocycles. The number of hydrogen-bond acceptors (Lipinski definition) is 6. The second kappa shape index (κ2) is 10.5. The fourth-order valence-electron chi connectivity index (χ4n) is 4.18. The van der Waals surface area contributed by atoms with Crippen molar-refractivity contribution in [2.24, 2.45) is 0 Å². The predicted molar refractivity (Wildman–Crippen MR) is 127 cm³/mol. The van der Waals surface area contributed by atoms with E-state index in [1.165, 1.54) is 5.56 Å². The van der Waals surface area contributed by atoms with Crippen LogP contribution in [0.2, 0.25) is 0 Å². The Bertz CT molecular complexity index is 1090. The highest BCUT2D eigenvalue weighted by molar-refractivity contribution is 5.94. The number of piperidine rings is 1. The summed E-state index contributed by atoms with van der Waals surface area (Å²) in [5, 5.41) is 0. The number of carbonyl (C=O) groups is 1. The molecule has 0 aliphatic carbocycles. The van der Waals surface area contributed by atoms with Gasteiger partial charge in [0.25, 0.3) is 5.91 Å². The number of nitrogens with zero attached hydrogens (tertiary/aromatic N) is 5. The minimum absolute atomic E-state index is 0.0675. The number of amides is 1. The van der Waals surface area contributed by atoms with Crippen LogP contribution >= 0.6 is 0 Å². The van der Waals surface area contributed by atoms with Crippen LogP contribution in [-0.2, 0) is 13.2 Å². The Morgan fingerprint density at radius 1 is 1.15 bits per heavy atom. The topological polar surface area (TPSA) is 71.5 Å². The molecule has 4 rings (SSSR count). The van der Waals surface area contributed by atoms with Crippen molar-refractivity contribution in [2.75, 3.05) is 20.6 Å². The molecule has 0 saturated carbocycles. The molecule has 0 unspecified atom stereocenters. The van der Waals surface area contributed by atoms with Crippen LogP contribution in [-0.4, -0.2) is 51.3 Å². The molecule has 33 heavy (non-hydrogen) atoms. The monoisotopic (exact) mass is 445 g/mol. The highest BCUT2D eigenvalue weighted by Gasteiger charge is 2.27. The smallest absolute Gasteiger partial charge is 0.256 e. The van der Waals surface area contributed by atoms with Gasteiger partial charge in [-0.05, 0) is 56.1 Å². The standard InChI is InChI=1S/C26H31N5O2/c1-19-23(26(32)30(2)3)16-28-25(29-19)24-12-5-7-14-31(24)17-20-9-8-11-22(15-20)33-18-21-10-4-6-13-27-21/h4,6,8-11,13,15-16,24H,5,7,12,14,17-18H2,1-3H3/t24-/m0/s1. The summed E-state index contributed by atoms with van der Waals surface area (Å²) < 4.78 is 5.96. The molecule has 2 aromatic heterocycles. The van der Waals surface area contributed by atoms with E-state index in [1.54, 1.807) is 31.4 Å². The molecular weight excluding hydrogens is 414 g/mol. The zero-order valence-corrected chi connectivity index (χ0v) is 19.6. The maximum absolute atomic E-state index is 12.4. The largest absolute Gasteiger partial charge is 0.487 e. The van der Waals surface area contributed by atoms with Crippen molar-refractivity contribution in [3.8, 4) is 5.75 Å². The lowest BCUT2D eigenvalue weighted by Gasteiger charge is -2.35. The molecule has 7 nitrogen and oxygen atoms in total. The predicted octanol–water partition coefficient (Wildman–Crippen LogP) is 4.19. The van der Waals surface area contributed by atoms with Crippen LogP contribution in [0.3, 0.4) is 0 Å². The summed E-state index contributed by atoms with van der Waals surface area (Å²) in [4.78, 5) is 30.0. The average Bonchev–Trinajstić information content (AvgIpc) is 2.83. The molecule has 1 aliphatic heterocycles. The van der Waals surface area contributed by atoms with Gasteiger partial charge in [-0.2, -0.15) is 0 Å². The molecule has 3 aromatic rings. The van der Waals surface area contributed by atoms with E-state index in [0.717, 1.165) is 55.3 Å². The molecule has 1 aromatic carbocycles. The Labute approximate surface area is 195 Å². The number of likely N-dealkylation sites (tertiary alicyclic amines) is 1. The van der Waals surface area contributed by atoms with Gasteiger partial charge in [-0.25, -0.2) is 9.97 Å². The first kappa shape index (κ1) is 22.9. The Kier molecular flexibility index (Phi) is 7.29. The Morgan fingerprint density at radius 2 is 2.03 bits per heavy atom. The van der Waals surface area contributed by atoms with Gasteiger partial charge < -0.3 is 9.64 Å². The van der Waals surface area contributed by atoms with E-state index in [2.05, 4.69) is 27.0 Å². The highest BCUT2D eigenvalue weighted by Crippen LogP contribution is 2.31. The van der Waals surface area contributed by atoms with E-state index >= 15 is 0 Å². The van der Waals surface area contributed by atoms with Gasteiger partial charge >= 0.3 is 0 Å². The fourth-order valence-corrected chi connectivity index (χ4v) is 4.18. The lowest BCUT2D eigenvalue weighted by molar-refractivity contribution is 0.0825. The number of ether oxygens (including phenoxy) is 1. The summed E-state index contributed by atoms with van der Waals surface area (Å²) >= 11 is 0. The first-order chi connectivity index (χ1) is 16.0. The zero-order valence-electron chi connectivity index (χ0n) is 19.6. The first-order valence-corrected chi connectivity index (χ1v) is 11.4. The van der Waals surface area contributed by atoms with Crippen LogP contribution < -0.4 is 4.74 Å². The number of carbonyl (C=O) groups excluding carboxylic acids is 1. The molecule has 172 valence electrons. The summed E-state index contributed by atoms with van der Waals surface area (Å²) in [6.07, 6.45) is 6.77. The lowest BCUT2D eigenvalue weighted by atomic mass is 10.00. The summed E-state index contributed by atoms with van der Waals surface area (Å²) in [6, 6.07) is 14.2. The Balaban J connectivity index is 1.47. The summed E-state index contributed by atoms with van der Waals surface area (Å²) in [7, 11) is 3.49. The number of pyridine rings is 1. The molecule has 0 bridgehead atoms. The quantitative estimate of drug-likeness (QED) is 0.543. The second-order valence-electron chi connectivity index (χ2n) is 8.67. The van der Waals surface area contributed by atoms with Crippen molar-refractivity contribution in [3.05, 3.63) is 83.2 Å². The Morgan fingerprint density at radius 3 is 2.79 bits per heavy atom. The van der Waals surface area contributed by atoms with Gasteiger partial charge in [-0.3, -0.25) is 14.7 Å². The van der Waals surface area contributed by atoms with Crippen LogP contribution in [0.15, 0.2) is 54.9 Å². The number of rotatable bonds is 7. The number of benzene rings is 1. The normalized spacial score (nSPS) is 16.4. The molecule has 1 amide bonds. The lowest BCUT2D eigenvalue weighted by Crippen LogP contribution is -2.34. The summed E-state index contributed by atoms with van der Waals surface area (Å²) in [5.41, 5.74) is 3.39. The molecule has 1 saturated heterocycles. The van der Waals surface area contributed by atoms with Gasteiger partial charge in [-0.15, -0.1) is 0 Å². The minimum atomic E-state index is -0.0675. The molecule has 1 atom stereocenters. The van der Waals surface area contributed by atoms with Crippen molar-refractivity contribution < 1.29 is 9.53 Å². The first-order valence-electron chi connectivity index (χ1n) is 11.4. The Hall–Kier alpha value is -3.32. The minimum Gasteiger partial charge on any atom is -0.487 e. The van der Waals surface area contributed by atoms with Crippen molar-refractivity contribution in [3.63, 3.8) is 0 Å². The van der Waals surface area contributed by atoms with Gasteiger partial charge in [0, 0.05) is 33.0 Å². The van der Waals surface area contributed by atoms with E-state index in [1.807, 2.05) is 37.3 Å². The molecule has 1 aliphatic rings. The van der Waals surface area contributed by atoms with Gasteiger partial charge in [0.1, 0.15) is 18.2 Å². The van der Waals surface area contributed by atoms with Gasteiger partial charge in [0.05, 0.1) is 23.0 Å². The molecular formula is C26H31N5O2. The summed E-state index contributed by atoms with van der Waals surface area (Å²) in [6.45, 7) is 4.12. The van der Waals surface area contributed by atoms with Gasteiger partial charge in [0.15, 0.2) is 0 Å². The second-order valence-corrected chi connectivity index (χ2v) is 8.67. The van der Waals surface area contributed by atoms with Gasteiger partial charge in [-0.1, -0.05) is 24.6 Å². The number of hydrogen-bond donors (Lipinski definition) is 0. The third kappa shape index (κ3) is 5.73. The van der Waals surface area contributed by atoms with Crippen molar-refractivity contribution in [2.45, 2.75) is 45.4 Å². The van der Waals surface area contributed by atoms with Crippen molar-refractivity contribution >= 4 is 5.91 Å². The maximum Gasteiger partial charge on any atom is 0.256 e. The van der Waals surface area contributed by atoms with Crippen LogP contribution in [0.4, 0.5) is 0 Å². The molecule has 0 radical (unpaired) electrons.